The van der Waals surface area contributed by atoms with Crippen molar-refractivity contribution in [1.29, 1.82) is 0 Å². The quantitative estimate of drug-likeness (QED) is 0.0645. The Morgan fingerprint density at radius 2 is 1.53 bits per heavy atom. The Morgan fingerprint density at radius 1 is 0.792 bits per heavy atom. The van der Waals surface area contributed by atoms with Crippen molar-refractivity contribution >= 4 is 23.0 Å². The minimum absolute atomic E-state index is 0.172. The minimum atomic E-state index is -1.97. The highest BCUT2D eigenvalue weighted by atomic mass is 16.8. The molecule has 1 aromatic heterocycles. The van der Waals surface area contributed by atoms with E-state index in [2.05, 4.69) is 0 Å². The lowest BCUT2D eigenvalue weighted by molar-refractivity contribution is -0.355. The maximum Gasteiger partial charge on any atom is 0.330 e. The standard InChI is InChI=1S/C36H36O17/c1-15-26(42)30(46)34(36(49-15)52-33-28(44)25-21(40)12-18(37)13-22(25)50-32(33)17-5-3-2-4-6-17)53-35-31(47)29(45)27(43)23(51-35)14-48-24(41)10-8-16-7-9-19(38)20(39)11-16/h2-13,15,23,26-27,29-31,34-40,42-43,45-47H,14H2,1H3/b10-8+. The monoisotopic (exact) mass is 740 g/mol. The van der Waals surface area contributed by atoms with Crippen LogP contribution in [-0.2, 0) is 23.7 Å². The zero-order valence-electron chi connectivity index (χ0n) is 27.7. The van der Waals surface area contributed by atoms with E-state index in [1.807, 2.05) is 0 Å². The third kappa shape index (κ3) is 7.78. The molecule has 3 heterocycles. The number of rotatable bonds is 9. The summed E-state index contributed by atoms with van der Waals surface area (Å²) < 4.78 is 34.4. The van der Waals surface area contributed by atoms with Gasteiger partial charge in [-0.3, -0.25) is 4.79 Å². The second kappa shape index (κ2) is 15.4. The van der Waals surface area contributed by atoms with Crippen LogP contribution in [0.2, 0.25) is 0 Å². The molecule has 17 heteroatoms. The van der Waals surface area contributed by atoms with Gasteiger partial charge in [0.15, 0.2) is 29.7 Å². The Kier molecular flexibility index (Phi) is 10.9. The number of phenols is 4. The maximum absolute atomic E-state index is 13.9. The SMILES string of the molecule is CC1OC(Oc2c(-c3ccccc3)oc3cc(O)cc(O)c3c2=O)C(OC2OC(COC(=O)/C=C/c3ccc(O)c(O)c3)C(O)C(O)C2O)C(O)C1O. The third-order valence-electron chi connectivity index (χ3n) is 8.73. The second-order valence-corrected chi connectivity index (χ2v) is 12.4. The molecule has 2 fully saturated rings. The molecule has 0 aliphatic carbocycles. The van der Waals surface area contributed by atoms with Crippen LogP contribution in [0.5, 0.6) is 28.7 Å². The highest BCUT2D eigenvalue weighted by Gasteiger charge is 2.51. The van der Waals surface area contributed by atoms with Crippen molar-refractivity contribution in [3.8, 4) is 40.1 Å². The van der Waals surface area contributed by atoms with Gasteiger partial charge in [-0.1, -0.05) is 36.4 Å². The van der Waals surface area contributed by atoms with Crippen LogP contribution in [0.15, 0.2) is 76.0 Å². The minimum Gasteiger partial charge on any atom is -0.508 e. The first-order valence-electron chi connectivity index (χ1n) is 16.2. The lowest BCUT2D eigenvalue weighted by Crippen LogP contribution is -2.64. The van der Waals surface area contributed by atoms with E-state index in [1.54, 1.807) is 30.3 Å². The van der Waals surface area contributed by atoms with Gasteiger partial charge in [0.05, 0.1) is 6.10 Å². The van der Waals surface area contributed by atoms with Gasteiger partial charge in [-0.05, 0) is 30.7 Å². The van der Waals surface area contributed by atoms with E-state index in [1.165, 1.54) is 31.2 Å². The first-order chi connectivity index (χ1) is 25.2. The molecule has 2 saturated heterocycles. The van der Waals surface area contributed by atoms with Gasteiger partial charge in [-0.15, -0.1) is 0 Å². The fraction of sp³-hybridized carbons (Fsp3) is 0.333. The van der Waals surface area contributed by atoms with Gasteiger partial charge in [-0.2, -0.15) is 0 Å². The van der Waals surface area contributed by atoms with Gasteiger partial charge in [0.2, 0.25) is 17.5 Å². The molecule has 0 spiro atoms. The number of hydrogen-bond acceptors (Lipinski definition) is 17. The Balaban J connectivity index is 1.26. The van der Waals surface area contributed by atoms with Crippen LogP contribution in [0, 0.1) is 0 Å². The molecule has 9 N–H and O–H groups in total. The molecule has 10 atom stereocenters. The van der Waals surface area contributed by atoms with Crippen LogP contribution in [-0.4, -0.2) is 120 Å². The molecular formula is C36H36O17. The number of aliphatic hydroxyl groups excluding tert-OH is 5. The third-order valence-corrected chi connectivity index (χ3v) is 8.73. The number of aromatic hydroxyl groups is 4. The molecule has 10 unspecified atom stereocenters. The van der Waals surface area contributed by atoms with Crippen molar-refractivity contribution in [3.05, 3.63) is 82.5 Å². The Hall–Kier alpha value is -5.24. The number of ether oxygens (including phenoxy) is 5. The van der Waals surface area contributed by atoms with Gasteiger partial charge in [0.1, 0.15) is 65.7 Å². The van der Waals surface area contributed by atoms with Gasteiger partial charge < -0.3 is 74.1 Å². The van der Waals surface area contributed by atoms with Gasteiger partial charge in [0, 0.05) is 23.8 Å². The average Bonchev–Trinajstić information content (AvgIpc) is 3.13. The van der Waals surface area contributed by atoms with Gasteiger partial charge >= 0.3 is 5.97 Å². The van der Waals surface area contributed by atoms with Crippen LogP contribution < -0.4 is 10.2 Å². The summed E-state index contributed by atoms with van der Waals surface area (Å²) in [6.07, 6.45) is -14.9. The van der Waals surface area contributed by atoms with Crippen LogP contribution in [0.3, 0.4) is 0 Å². The highest BCUT2D eigenvalue weighted by Crippen LogP contribution is 2.38. The fourth-order valence-corrected chi connectivity index (χ4v) is 5.86. The Bertz CT molecular complexity index is 2030. The molecule has 3 aromatic carbocycles. The summed E-state index contributed by atoms with van der Waals surface area (Å²) in [6, 6.07) is 14.0. The van der Waals surface area contributed by atoms with E-state index >= 15 is 0 Å². The van der Waals surface area contributed by atoms with E-state index in [-0.39, 0.29) is 28.2 Å². The molecule has 0 bridgehead atoms. The number of carbonyl (C=O) groups is 1. The van der Waals surface area contributed by atoms with E-state index < -0.39 is 96.7 Å². The smallest absolute Gasteiger partial charge is 0.330 e. The van der Waals surface area contributed by atoms with Gasteiger partial charge in [0.25, 0.3) is 0 Å². The Morgan fingerprint density at radius 3 is 2.25 bits per heavy atom. The summed E-state index contributed by atoms with van der Waals surface area (Å²) in [5.74, 6) is -3.43. The Labute approximate surface area is 299 Å². The van der Waals surface area contributed by atoms with E-state index in [0.29, 0.717) is 11.1 Å². The average molecular weight is 741 g/mol. The predicted octanol–water partition coefficient (Wildman–Crippen LogP) is 0.577. The molecular weight excluding hydrogens is 704 g/mol. The van der Waals surface area contributed by atoms with Crippen LogP contribution in [0.25, 0.3) is 28.4 Å². The topological polar surface area (TPSA) is 275 Å². The number of aliphatic hydroxyl groups is 5. The summed E-state index contributed by atoms with van der Waals surface area (Å²) in [5.41, 5.74) is -0.437. The van der Waals surface area contributed by atoms with Gasteiger partial charge in [-0.25, -0.2) is 4.79 Å². The van der Waals surface area contributed by atoms with Crippen molar-refractivity contribution < 1.29 is 78.9 Å². The number of carbonyl (C=O) groups excluding carboxylic acids is 1. The van der Waals surface area contributed by atoms with Crippen LogP contribution in [0.1, 0.15) is 12.5 Å². The molecule has 6 rings (SSSR count). The lowest BCUT2D eigenvalue weighted by atomic mass is 9.97. The zero-order chi connectivity index (χ0) is 38.1. The fourth-order valence-electron chi connectivity index (χ4n) is 5.86. The van der Waals surface area contributed by atoms with Crippen molar-refractivity contribution in [3.63, 3.8) is 0 Å². The van der Waals surface area contributed by atoms with Crippen LogP contribution >= 0.6 is 0 Å². The molecule has 2 aliphatic rings. The number of fused-ring (bicyclic) bond motifs is 1. The summed E-state index contributed by atoms with van der Waals surface area (Å²) in [7, 11) is 0. The normalized spacial score (nSPS) is 28.9. The molecule has 4 aromatic rings. The number of hydrogen-bond donors (Lipinski definition) is 9. The van der Waals surface area contributed by atoms with E-state index in [0.717, 1.165) is 18.2 Å². The molecule has 53 heavy (non-hydrogen) atoms. The second-order valence-electron chi connectivity index (χ2n) is 12.4. The summed E-state index contributed by atoms with van der Waals surface area (Å²) in [5, 5.41) is 93.3. The summed E-state index contributed by atoms with van der Waals surface area (Å²) in [4.78, 5) is 26.3. The van der Waals surface area contributed by atoms with Crippen molar-refractivity contribution in [2.75, 3.05) is 6.61 Å². The van der Waals surface area contributed by atoms with Crippen molar-refractivity contribution in [1.82, 2.24) is 0 Å². The van der Waals surface area contributed by atoms with E-state index in [9.17, 15) is 55.5 Å². The molecule has 17 nitrogen and oxygen atoms in total. The first kappa shape index (κ1) is 37.5. The summed E-state index contributed by atoms with van der Waals surface area (Å²) >= 11 is 0. The predicted molar refractivity (Wildman–Crippen MR) is 180 cm³/mol. The molecule has 0 saturated carbocycles. The summed E-state index contributed by atoms with van der Waals surface area (Å²) in [6.45, 7) is 0.723. The van der Waals surface area contributed by atoms with Crippen molar-refractivity contribution in [2.45, 2.75) is 68.3 Å². The highest BCUT2D eigenvalue weighted by molar-refractivity contribution is 5.88. The first-order valence-corrected chi connectivity index (χ1v) is 16.2. The largest absolute Gasteiger partial charge is 0.508 e. The molecule has 0 radical (unpaired) electrons. The maximum atomic E-state index is 13.9. The van der Waals surface area contributed by atoms with Crippen molar-refractivity contribution in [2.24, 2.45) is 0 Å². The zero-order valence-corrected chi connectivity index (χ0v) is 27.7. The van der Waals surface area contributed by atoms with Crippen LogP contribution in [0.4, 0.5) is 0 Å². The lowest BCUT2D eigenvalue weighted by Gasteiger charge is -2.45. The molecule has 2 aliphatic heterocycles. The van der Waals surface area contributed by atoms with E-state index in [4.69, 9.17) is 28.1 Å². The number of esters is 1. The molecule has 0 amide bonds. The molecule has 282 valence electrons. The number of benzene rings is 3. The number of phenolic OH excluding ortho intramolecular Hbond substituents is 4.